The van der Waals surface area contributed by atoms with Gasteiger partial charge in [0.2, 0.25) is 5.78 Å². The number of hydrogen-bond donors (Lipinski definition) is 0. The lowest BCUT2D eigenvalue weighted by Crippen LogP contribution is -2.75. The Morgan fingerprint density at radius 3 is 0.779 bits per heavy atom. The molecule has 414 valence electrons. The fourth-order valence-electron chi connectivity index (χ4n) is 8.08. The van der Waals surface area contributed by atoms with Crippen molar-refractivity contribution in [1.82, 2.24) is 0 Å². The molecule has 0 fully saturated rings. The van der Waals surface area contributed by atoms with Crippen LogP contribution < -0.4 is 21.9 Å². The van der Waals surface area contributed by atoms with Crippen LogP contribution in [0, 0.1) is 0 Å². The molecule has 0 amide bonds. The quantitative estimate of drug-likeness (QED) is 0.0626. The first-order valence-electron chi connectivity index (χ1n) is 21.0. The molecule has 0 aromatic heterocycles. The number of hydrogen-bond acceptors (Lipinski definition) is 2. The van der Waals surface area contributed by atoms with Gasteiger partial charge in [-0.2, -0.15) is 127 Å². The van der Waals surface area contributed by atoms with Gasteiger partial charge in [0.25, 0.3) is 0 Å². The van der Waals surface area contributed by atoms with Gasteiger partial charge in [-0.3, -0.25) is 9.59 Å². The molecule has 2 nitrogen and oxygen atoms in total. The van der Waals surface area contributed by atoms with Gasteiger partial charge in [-0.25, -0.2) is 0 Å². The third-order valence-electron chi connectivity index (χ3n) is 11.4. The average molecular weight is 1150 g/mol. The Bertz CT molecular complexity index is 2690. The zero-order valence-electron chi connectivity index (χ0n) is 38.2. The van der Waals surface area contributed by atoms with E-state index < -0.39 is 195 Å². The van der Waals surface area contributed by atoms with Gasteiger partial charge in [-0.15, -0.1) is 0 Å². The van der Waals surface area contributed by atoms with Crippen molar-refractivity contribution in [3.05, 3.63) is 189 Å². The predicted octanol–water partition coefficient (Wildman–Crippen LogP) is 14.2. The third kappa shape index (κ3) is 14.3. The molecule has 0 spiro atoms. The molecule has 6 aromatic rings. The fraction of sp³-hybridized carbons (Fsp3) is 0.224. The molecule has 0 atom stereocenters. The van der Waals surface area contributed by atoms with Crippen LogP contribution in [0.3, 0.4) is 0 Å². The second-order valence-corrected chi connectivity index (χ2v) is 19.3. The SMILES string of the molecule is C[S+](C)CC(=O)c1ccccc1C(=O)c1ccccc1.FC(F)(F)c1cc([B-](c2cc(C(F)(F)F)cc(C(F)(F)F)c2)(c2cc(C(F)(F)F)cc(C(F)(F)F)c2)c2cc(C(F)(F)F)cc(C(F)(F)F)c2)cc(C(F)(F)F)c1. The highest BCUT2D eigenvalue weighted by Crippen LogP contribution is 2.41. The van der Waals surface area contributed by atoms with Crippen molar-refractivity contribution < 1.29 is 115 Å². The highest BCUT2D eigenvalue weighted by atomic mass is 32.2. The molecule has 0 N–H and O–H groups in total. The van der Waals surface area contributed by atoms with Crippen LogP contribution in [0.25, 0.3) is 0 Å². The van der Waals surface area contributed by atoms with Gasteiger partial charge in [0.1, 0.15) is 6.15 Å². The lowest BCUT2D eigenvalue weighted by atomic mass is 9.12. The van der Waals surface area contributed by atoms with E-state index in [9.17, 15) is 115 Å². The van der Waals surface area contributed by atoms with Gasteiger partial charge >= 0.3 is 49.4 Å². The Kier molecular flexibility index (Phi) is 17.0. The normalized spacial score (nSPS) is 13.3. The van der Waals surface area contributed by atoms with Crippen LogP contribution in [0.5, 0.6) is 0 Å². The van der Waals surface area contributed by atoms with Crippen molar-refractivity contribution in [3.63, 3.8) is 0 Å². The van der Waals surface area contributed by atoms with Crippen LogP contribution >= 0.6 is 0 Å². The summed E-state index contributed by atoms with van der Waals surface area (Å²) >= 11 is 0. The molecule has 0 unspecified atom stereocenters. The van der Waals surface area contributed by atoms with Gasteiger partial charge in [0, 0.05) is 16.7 Å². The zero-order valence-corrected chi connectivity index (χ0v) is 39.0. The van der Waals surface area contributed by atoms with Crippen molar-refractivity contribution in [2.45, 2.75) is 49.4 Å². The van der Waals surface area contributed by atoms with E-state index in [4.69, 9.17) is 0 Å². The van der Waals surface area contributed by atoms with Crippen LogP contribution in [0.2, 0.25) is 0 Å². The molecule has 6 rings (SSSR count). The molecule has 0 saturated carbocycles. The molecule has 0 heterocycles. The monoisotopic (exact) mass is 1150 g/mol. The zero-order chi connectivity index (χ0) is 58.4. The summed E-state index contributed by atoms with van der Waals surface area (Å²) in [4.78, 5) is 24.8. The first kappa shape index (κ1) is 61.3. The van der Waals surface area contributed by atoms with Crippen molar-refractivity contribution in [3.8, 4) is 0 Å². The molecule has 28 heteroatoms. The average Bonchev–Trinajstić information content (AvgIpc) is 3.29. The van der Waals surface area contributed by atoms with Crippen molar-refractivity contribution in [1.29, 1.82) is 0 Å². The second-order valence-electron chi connectivity index (χ2n) is 17.0. The molecular weight excluding hydrogens is 1120 g/mol. The maximum Gasteiger partial charge on any atom is 0.416 e. The molecule has 0 saturated heterocycles. The van der Waals surface area contributed by atoms with E-state index >= 15 is 0 Å². The maximum atomic E-state index is 14.2. The van der Waals surface area contributed by atoms with E-state index in [1.807, 2.05) is 30.7 Å². The molecule has 77 heavy (non-hydrogen) atoms. The van der Waals surface area contributed by atoms with Gasteiger partial charge in [0.15, 0.2) is 11.5 Å². The van der Waals surface area contributed by atoms with Gasteiger partial charge < -0.3 is 0 Å². The molecule has 6 aromatic carbocycles. The van der Waals surface area contributed by atoms with Crippen molar-refractivity contribution >= 4 is 50.5 Å². The third-order valence-corrected chi connectivity index (χ3v) is 12.2. The number of carbonyl (C=O) groups is 2. The summed E-state index contributed by atoms with van der Waals surface area (Å²) in [6.45, 7) is 0. The lowest BCUT2D eigenvalue weighted by molar-refractivity contribution is -0.144. The summed E-state index contributed by atoms with van der Waals surface area (Å²) in [6, 6.07) is 7.32. The maximum absolute atomic E-state index is 14.2. The number of alkyl halides is 24. The largest absolute Gasteiger partial charge is 0.416 e. The minimum absolute atomic E-state index is 0.0270. The van der Waals surface area contributed by atoms with E-state index in [2.05, 4.69) is 0 Å². The topological polar surface area (TPSA) is 34.1 Å². The molecule has 0 bridgehead atoms. The van der Waals surface area contributed by atoms with Gasteiger partial charge in [0.05, 0.1) is 57.0 Å². The summed E-state index contributed by atoms with van der Waals surface area (Å²) in [5.74, 6) is 0.430. The number of carbonyl (C=O) groups excluding carboxylic acids is 2. The van der Waals surface area contributed by atoms with Gasteiger partial charge in [-0.05, 0) is 35.2 Å². The summed E-state index contributed by atoms with van der Waals surface area (Å²) in [5, 5.41) is 0. The molecule has 0 radical (unpaired) electrons. The highest BCUT2D eigenvalue weighted by molar-refractivity contribution is 7.96. The van der Waals surface area contributed by atoms with E-state index in [0.717, 1.165) is 0 Å². The Morgan fingerprint density at radius 1 is 0.338 bits per heavy atom. The minimum atomic E-state index is -6.13. The van der Waals surface area contributed by atoms with Crippen LogP contribution in [0.4, 0.5) is 105 Å². The summed E-state index contributed by atoms with van der Waals surface area (Å²) in [5.41, 5.74) is -28.6. The summed E-state index contributed by atoms with van der Waals surface area (Å²) < 4.78 is 341. The van der Waals surface area contributed by atoms with Crippen LogP contribution in [0.1, 0.15) is 70.8 Å². The fourth-order valence-corrected chi connectivity index (χ4v) is 8.76. The summed E-state index contributed by atoms with van der Waals surface area (Å²) in [7, 11) is 0.0270. The van der Waals surface area contributed by atoms with Crippen LogP contribution in [-0.4, -0.2) is 36.0 Å². The Balaban J connectivity index is 0.000000455. The predicted molar refractivity (Wildman–Crippen MR) is 235 cm³/mol. The Morgan fingerprint density at radius 2 is 0.558 bits per heavy atom. The van der Waals surface area contributed by atoms with Crippen molar-refractivity contribution in [2.75, 3.05) is 18.3 Å². The number of rotatable bonds is 9. The number of Topliss-reactive ketones (excluding diaryl/α,β-unsaturated/α-hetero) is 1. The first-order chi connectivity index (χ1) is 34.9. The highest BCUT2D eigenvalue weighted by Gasteiger charge is 2.47. The van der Waals surface area contributed by atoms with E-state index in [1.54, 1.807) is 36.4 Å². The first-order valence-corrected chi connectivity index (χ1v) is 23.2. The standard InChI is InChI=1S/C32H12BF24.C17H17O2S/c34-25(35,36)13-1-14(26(37,38)39)6-21(5-13)33(22-7-15(27(40,41)42)2-16(8-22)28(43,44)45,23-9-17(29(46,47)48)3-18(10-23)30(49,50)51)24-11-19(31(52,53)54)4-20(12-24)32(55,56)57;1-20(2)12-16(18)14-10-6-7-11-15(14)17(19)13-8-4-3-5-9-13/h1-12H;3-11H,12H2,1-2H3/q-1;+1. The Hall–Kier alpha value is -6.61. The van der Waals surface area contributed by atoms with Crippen LogP contribution in [0.15, 0.2) is 127 Å². The molecule has 0 aliphatic rings. The molecule has 0 aliphatic heterocycles. The lowest BCUT2D eigenvalue weighted by Gasteiger charge is -2.46. The molecule has 0 aliphatic carbocycles. The molecular formula is C49H29BF24O2S. The smallest absolute Gasteiger partial charge is 0.289 e. The van der Waals surface area contributed by atoms with Gasteiger partial charge in [-0.1, -0.05) is 103 Å². The Labute approximate surface area is 421 Å². The number of benzene rings is 6. The van der Waals surface area contributed by atoms with E-state index in [1.165, 1.54) is 0 Å². The van der Waals surface area contributed by atoms with Crippen molar-refractivity contribution in [2.24, 2.45) is 0 Å². The number of ketones is 2. The van der Waals surface area contributed by atoms with E-state index in [-0.39, 0.29) is 22.5 Å². The minimum Gasteiger partial charge on any atom is -0.289 e. The second kappa shape index (κ2) is 21.3. The summed E-state index contributed by atoms with van der Waals surface area (Å²) in [6.07, 6.45) is -50.8. The number of halogens is 24. The van der Waals surface area contributed by atoms with Crippen LogP contribution in [-0.2, 0) is 60.3 Å². The van der Waals surface area contributed by atoms with E-state index in [0.29, 0.717) is 22.4 Å².